The minimum atomic E-state index is -0.241. The molecule has 0 N–H and O–H groups in total. The molecule has 3 aliphatic rings. The summed E-state index contributed by atoms with van der Waals surface area (Å²) in [6, 6.07) is 19.9. The SMILES string of the molecule is CN1CCC(N(C)C(=O)C2CCN(c3cccc4c3C(=O)N(Cc3cccc5ccccc35)C4=O)CC2)CC1. The fraction of sp³-hybridized carbons (Fsp3) is 0.406. The molecule has 3 aromatic rings. The summed E-state index contributed by atoms with van der Waals surface area (Å²) in [6.45, 7) is 3.69. The van der Waals surface area contributed by atoms with Crippen LogP contribution in [0.15, 0.2) is 60.7 Å². The van der Waals surface area contributed by atoms with Gasteiger partial charge in [-0.3, -0.25) is 19.3 Å². The van der Waals surface area contributed by atoms with Crippen LogP contribution in [0, 0.1) is 5.92 Å². The molecule has 3 aliphatic heterocycles. The summed E-state index contributed by atoms with van der Waals surface area (Å²) in [6.07, 6.45) is 3.56. The van der Waals surface area contributed by atoms with Gasteiger partial charge in [-0.1, -0.05) is 48.5 Å². The summed E-state index contributed by atoms with van der Waals surface area (Å²) in [5.41, 5.74) is 2.73. The molecule has 3 amide bonds. The second-order valence-corrected chi connectivity index (χ2v) is 11.3. The average molecular weight is 525 g/mol. The van der Waals surface area contributed by atoms with Crippen molar-refractivity contribution >= 4 is 34.2 Å². The Kier molecular flexibility index (Phi) is 6.85. The van der Waals surface area contributed by atoms with Gasteiger partial charge in [-0.25, -0.2) is 0 Å². The Bertz CT molecular complexity index is 1410. The molecule has 0 bridgehead atoms. The third kappa shape index (κ3) is 4.69. The standard InChI is InChI=1S/C32H36N4O3/c1-33-17-15-25(16-18-33)34(2)30(37)23-13-19-35(20-14-23)28-12-6-11-27-29(28)32(39)36(31(27)38)21-24-9-5-8-22-7-3-4-10-26(22)24/h3-12,23,25H,13-21H2,1-2H3. The van der Waals surface area contributed by atoms with Gasteiger partial charge in [0.05, 0.1) is 23.4 Å². The van der Waals surface area contributed by atoms with Crippen LogP contribution in [-0.2, 0) is 11.3 Å². The molecular formula is C32H36N4O3. The maximum absolute atomic E-state index is 13.7. The largest absolute Gasteiger partial charge is 0.371 e. The van der Waals surface area contributed by atoms with Crippen LogP contribution in [0.2, 0.25) is 0 Å². The highest BCUT2D eigenvalue weighted by molar-refractivity contribution is 6.23. The maximum atomic E-state index is 13.7. The average Bonchev–Trinajstić information content (AvgIpc) is 3.22. The number of carbonyl (C=O) groups is 3. The van der Waals surface area contributed by atoms with Gasteiger partial charge < -0.3 is 14.7 Å². The van der Waals surface area contributed by atoms with E-state index in [9.17, 15) is 14.4 Å². The van der Waals surface area contributed by atoms with Crippen LogP contribution in [-0.4, -0.2) is 78.7 Å². The number of anilines is 1. The molecule has 0 saturated carbocycles. The van der Waals surface area contributed by atoms with E-state index in [2.05, 4.69) is 16.8 Å². The maximum Gasteiger partial charge on any atom is 0.263 e. The zero-order chi connectivity index (χ0) is 27.1. The number of benzene rings is 3. The normalized spacial score (nSPS) is 19.1. The lowest BCUT2D eigenvalue weighted by atomic mass is 9.92. The molecule has 0 aromatic heterocycles. The zero-order valence-corrected chi connectivity index (χ0v) is 22.8. The Hall–Kier alpha value is -3.71. The number of amides is 3. The lowest BCUT2D eigenvalue weighted by Crippen LogP contribution is -2.48. The number of imide groups is 1. The molecule has 39 heavy (non-hydrogen) atoms. The van der Waals surface area contributed by atoms with Gasteiger partial charge in [0.25, 0.3) is 11.8 Å². The molecule has 7 heteroatoms. The van der Waals surface area contributed by atoms with Gasteiger partial charge in [-0.15, -0.1) is 0 Å². The fourth-order valence-corrected chi connectivity index (χ4v) is 6.54. The number of hydrogen-bond donors (Lipinski definition) is 0. The van der Waals surface area contributed by atoms with Crippen molar-refractivity contribution in [1.82, 2.24) is 14.7 Å². The number of fused-ring (bicyclic) bond motifs is 2. The molecule has 0 unspecified atom stereocenters. The number of piperidine rings is 2. The highest BCUT2D eigenvalue weighted by atomic mass is 16.2. The predicted molar refractivity (Wildman–Crippen MR) is 153 cm³/mol. The van der Waals surface area contributed by atoms with E-state index in [4.69, 9.17) is 0 Å². The van der Waals surface area contributed by atoms with Crippen molar-refractivity contribution in [3.63, 3.8) is 0 Å². The molecule has 3 heterocycles. The quantitative estimate of drug-likeness (QED) is 0.463. The van der Waals surface area contributed by atoms with Crippen LogP contribution in [0.4, 0.5) is 5.69 Å². The highest BCUT2D eigenvalue weighted by Gasteiger charge is 2.39. The number of nitrogens with zero attached hydrogens (tertiary/aromatic N) is 4. The first-order chi connectivity index (χ1) is 18.9. The van der Waals surface area contributed by atoms with Crippen molar-refractivity contribution in [2.24, 2.45) is 5.92 Å². The molecule has 6 rings (SSSR count). The smallest absolute Gasteiger partial charge is 0.263 e. The second kappa shape index (κ2) is 10.5. The number of rotatable bonds is 5. The minimum absolute atomic E-state index is 0.00265. The second-order valence-electron chi connectivity index (χ2n) is 11.3. The zero-order valence-electron chi connectivity index (χ0n) is 22.8. The van der Waals surface area contributed by atoms with Crippen LogP contribution in [0.3, 0.4) is 0 Å². The summed E-state index contributed by atoms with van der Waals surface area (Å²) >= 11 is 0. The van der Waals surface area contributed by atoms with Crippen molar-refractivity contribution in [2.45, 2.75) is 38.3 Å². The number of likely N-dealkylation sites (tertiary alicyclic amines) is 1. The first kappa shape index (κ1) is 25.6. The Morgan fingerprint density at radius 1 is 0.846 bits per heavy atom. The fourth-order valence-electron chi connectivity index (χ4n) is 6.54. The summed E-state index contributed by atoms with van der Waals surface area (Å²) < 4.78 is 0. The van der Waals surface area contributed by atoms with Crippen LogP contribution >= 0.6 is 0 Å². The van der Waals surface area contributed by atoms with Gasteiger partial charge in [0.15, 0.2) is 0 Å². The highest BCUT2D eigenvalue weighted by Crippen LogP contribution is 2.35. The van der Waals surface area contributed by atoms with Crippen molar-refractivity contribution in [3.8, 4) is 0 Å². The topological polar surface area (TPSA) is 64.2 Å². The Labute approximate surface area is 230 Å². The first-order valence-corrected chi connectivity index (χ1v) is 14.1. The minimum Gasteiger partial charge on any atom is -0.371 e. The molecule has 7 nitrogen and oxygen atoms in total. The Balaban J connectivity index is 1.16. The van der Waals surface area contributed by atoms with Gasteiger partial charge in [0.1, 0.15) is 0 Å². The van der Waals surface area contributed by atoms with E-state index in [1.165, 1.54) is 4.90 Å². The van der Waals surface area contributed by atoms with Gasteiger partial charge in [-0.2, -0.15) is 0 Å². The van der Waals surface area contributed by atoms with Crippen LogP contribution in [0.1, 0.15) is 52.0 Å². The van der Waals surface area contributed by atoms with Gasteiger partial charge in [0, 0.05) is 32.1 Å². The molecule has 0 spiro atoms. The van der Waals surface area contributed by atoms with Gasteiger partial charge in [0.2, 0.25) is 5.91 Å². The summed E-state index contributed by atoms with van der Waals surface area (Å²) in [5, 5.41) is 2.14. The van der Waals surface area contributed by atoms with Gasteiger partial charge >= 0.3 is 0 Å². The lowest BCUT2D eigenvalue weighted by Gasteiger charge is -2.39. The van der Waals surface area contributed by atoms with E-state index in [0.717, 1.165) is 60.8 Å². The summed E-state index contributed by atoms with van der Waals surface area (Å²) in [7, 11) is 4.10. The van der Waals surface area contributed by atoms with E-state index in [-0.39, 0.29) is 30.2 Å². The number of hydrogen-bond acceptors (Lipinski definition) is 5. The molecular weight excluding hydrogens is 488 g/mol. The van der Waals surface area contributed by atoms with E-state index >= 15 is 0 Å². The van der Waals surface area contributed by atoms with E-state index in [1.54, 1.807) is 6.07 Å². The van der Waals surface area contributed by atoms with Crippen molar-refractivity contribution in [3.05, 3.63) is 77.4 Å². The van der Waals surface area contributed by atoms with Crippen molar-refractivity contribution in [2.75, 3.05) is 45.2 Å². The van der Waals surface area contributed by atoms with Crippen LogP contribution < -0.4 is 4.90 Å². The molecule has 2 saturated heterocycles. The van der Waals surface area contributed by atoms with E-state index < -0.39 is 0 Å². The third-order valence-corrected chi connectivity index (χ3v) is 8.95. The molecule has 0 aliphatic carbocycles. The first-order valence-electron chi connectivity index (χ1n) is 14.1. The monoisotopic (exact) mass is 524 g/mol. The van der Waals surface area contributed by atoms with Gasteiger partial charge in [-0.05, 0) is 74.3 Å². The molecule has 0 atom stereocenters. The molecule has 202 valence electrons. The van der Waals surface area contributed by atoms with E-state index in [1.807, 2.05) is 66.5 Å². The van der Waals surface area contributed by atoms with Crippen LogP contribution in [0.25, 0.3) is 10.8 Å². The van der Waals surface area contributed by atoms with Crippen LogP contribution in [0.5, 0.6) is 0 Å². The summed E-state index contributed by atoms with van der Waals surface area (Å²) in [5.74, 6) is -0.230. The molecule has 3 aromatic carbocycles. The predicted octanol–water partition coefficient (Wildman–Crippen LogP) is 4.41. The molecule has 2 fully saturated rings. The Morgan fingerprint density at radius 2 is 1.54 bits per heavy atom. The lowest BCUT2D eigenvalue weighted by molar-refractivity contribution is -0.137. The molecule has 0 radical (unpaired) electrons. The third-order valence-electron chi connectivity index (χ3n) is 8.95. The summed E-state index contributed by atoms with van der Waals surface area (Å²) in [4.78, 5) is 48.3. The van der Waals surface area contributed by atoms with E-state index in [0.29, 0.717) is 30.3 Å². The number of carbonyl (C=O) groups excluding carboxylic acids is 3. The Morgan fingerprint density at radius 3 is 2.31 bits per heavy atom. The van der Waals surface area contributed by atoms with Crippen molar-refractivity contribution in [1.29, 1.82) is 0 Å². The van der Waals surface area contributed by atoms with Crippen molar-refractivity contribution < 1.29 is 14.4 Å².